The lowest BCUT2D eigenvalue weighted by atomic mass is 9.61. The molecule has 4 heteroatoms. The van der Waals surface area contributed by atoms with Gasteiger partial charge in [0.25, 0.3) is 0 Å². The fourth-order valence-corrected chi connectivity index (χ4v) is 2.92. The Morgan fingerprint density at radius 2 is 2.00 bits per heavy atom. The third-order valence-electron chi connectivity index (χ3n) is 3.47. The van der Waals surface area contributed by atoms with Crippen molar-refractivity contribution in [3.8, 4) is 0 Å². The highest BCUT2D eigenvalue weighted by molar-refractivity contribution is 5.94. The Hall–Kier alpha value is -0.900. The lowest BCUT2D eigenvalue weighted by molar-refractivity contribution is -0.172. The second-order valence-electron chi connectivity index (χ2n) is 5.91. The van der Waals surface area contributed by atoms with E-state index in [4.69, 9.17) is 4.74 Å². The summed E-state index contributed by atoms with van der Waals surface area (Å²) in [6.07, 6.45) is 0.742. The van der Waals surface area contributed by atoms with Crippen LogP contribution in [0.15, 0.2) is 0 Å². The molecule has 0 radical (unpaired) electrons. The summed E-state index contributed by atoms with van der Waals surface area (Å²) >= 11 is 0. The van der Waals surface area contributed by atoms with E-state index >= 15 is 0 Å². The van der Waals surface area contributed by atoms with E-state index in [0.717, 1.165) is 13.0 Å². The van der Waals surface area contributed by atoms with Crippen LogP contribution in [0.2, 0.25) is 0 Å². The van der Waals surface area contributed by atoms with Crippen LogP contribution in [0.1, 0.15) is 34.1 Å². The molecule has 0 aromatic carbocycles. The van der Waals surface area contributed by atoms with Crippen LogP contribution in [0.25, 0.3) is 0 Å². The summed E-state index contributed by atoms with van der Waals surface area (Å²) in [6, 6.07) is 0. The van der Waals surface area contributed by atoms with Gasteiger partial charge in [0.05, 0.1) is 5.92 Å². The molecule has 3 rings (SSSR count). The van der Waals surface area contributed by atoms with E-state index in [1.807, 2.05) is 20.8 Å². The minimum Gasteiger partial charge on any atom is -0.459 e. The standard InChI is InChI=1S/C12H19NO3/c1-7(14)9-8-5-12(9,13-6-8)10(15)16-11(2,3)4/h8-9,13H,5-6H2,1-4H3/t8-,9-,12-/m1/s1. The molecule has 90 valence electrons. The number of nitrogens with one attached hydrogen (secondary N) is 1. The van der Waals surface area contributed by atoms with Crippen LogP contribution in [0, 0.1) is 11.8 Å². The van der Waals surface area contributed by atoms with E-state index < -0.39 is 11.1 Å². The fraction of sp³-hybridized carbons (Fsp3) is 0.833. The molecule has 1 saturated carbocycles. The smallest absolute Gasteiger partial charge is 0.327 e. The maximum absolute atomic E-state index is 12.1. The van der Waals surface area contributed by atoms with Crippen LogP contribution in [0.5, 0.6) is 0 Å². The number of fused-ring (bicyclic) bond motifs is 1. The Balaban J connectivity index is 2.14. The Morgan fingerprint density at radius 3 is 2.44 bits per heavy atom. The second-order valence-corrected chi connectivity index (χ2v) is 5.91. The maximum Gasteiger partial charge on any atom is 0.327 e. The lowest BCUT2D eigenvalue weighted by Crippen LogP contribution is -2.62. The Morgan fingerprint density at radius 1 is 1.38 bits per heavy atom. The number of esters is 1. The number of carbonyl (C=O) groups excluding carboxylic acids is 2. The van der Waals surface area contributed by atoms with Gasteiger partial charge in [-0.05, 0) is 46.6 Å². The summed E-state index contributed by atoms with van der Waals surface area (Å²) in [4.78, 5) is 23.6. The van der Waals surface area contributed by atoms with Crippen molar-refractivity contribution in [2.24, 2.45) is 11.8 Å². The number of ketones is 1. The first kappa shape index (κ1) is 11.6. The zero-order chi connectivity index (χ0) is 12.1. The Kier molecular flexibility index (Phi) is 2.38. The highest BCUT2D eigenvalue weighted by Crippen LogP contribution is 2.50. The fourth-order valence-electron chi connectivity index (χ4n) is 2.92. The van der Waals surface area contributed by atoms with Crippen molar-refractivity contribution in [2.45, 2.75) is 45.3 Å². The summed E-state index contributed by atoms with van der Waals surface area (Å²) in [5.41, 5.74) is -1.22. The molecule has 1 N–H and O–H groups in total. The molecule has 0 aromatic rings. The minimum absolute atomic E-state index is 0.0899. The normalized spacial score (nSPS) is 36.8. The van der Waals surface area contributed by atoms with E-state index in [1.165, 1.54) is 0 Å². The first-order valence-electron chi connectivity index (χ1n) is 5.75. The van der Waals surface area contributed by atoms with E-state index in [-0.39, 0.29) is 17.7 Å². The van der Waals surface area contributed by atoms with Crippen LogP contribution in [-0.2, 0) is 14.3 Å². The quantitative estimate of drug-likeness (QED) is 0.709. The van der Waals surface area contributed by atoms with Crippen molar-refractivity contribution in [2.75, 3.05) is 6.54 Å². The number of carbonyl (C=O) groups is 2. The van der Waals surface area contributed by atoms with Crippen molar-refractivity contribution in [3.05, 3.63) is 0 Å². The molecule has 0 amide bonds. The maximum atomic E-state index is 12.1. The van der Waals surface area contributed by atoms with Gasteiger partial charge >= 0.3 is 5.97 Å². The van der Waals surface area contributed by atoms with Gasteiger partial charge in [-0.2, -0.15) is 0 Å². The van der Waals surface area contributed by atoms with Crippen molar-refractivity contribution in [1.29, 1.82) is 0 Å². The third-order valence-corrected chi connectivity index (χ3v) is 3.47. The van der Waals surface area contributed by atoms with Crippen LogP contribution in [-0.4, -0.2) is 29.4 Å². The van der Waals surface area contributed by atoms with Crippen LogP contribution < -0.4 is 5.32 Å². The first-order chi connectivity index (χ1) is 7.26. The minimum atomic E-state index is -0.718. The van der Waals surface area contributed by atoms with Gasteiger partial charge in [-0.25, -0.2) is 0 Å². The topological polar surface area (TPSA) is 55.4 Å². The Labute approximate surface area is 95.7 Å². The monoisotopic (exact) mass is 225 g/mol. The first-order valence-corrected chi connectivity index (χ1v) is 5.75. The molecule has 0 aromatic heterocycles. The molecule has 3 fully saturated rings. The van der Waals surface area contributed by atoms with Crippen LogP contribution in [0.3, 0.4) is 0 Å². The Bertz CT molecular complexity index is 341. The number of rotatable bonds is 2. The van der Waals surface area contributed by atoms with Gasteiger partial charge in [-0.15, -0.1) is 0 Å². The SMILES string of the molecule is CC(=O)[C@@H]1[C@H]2CN[C@]1(C(=O)OC(C)(C)C)C2. The van der Waals surface area contributed by atoms with Gasteiger partial charge in [-0.1, -0.05) is 0 Å². The van der Waals surface area contributed by atoms with Gasteiger partial charge < -0.3 is 10.1 Å². The molecule has 2 aliphatic heterocycles. The summed E-state index contributed by atoms with van der Waals surface area (Å²) in [5.74, 6) is -0.0339. The predicted molar refractivity (Wildman–Crippen MR) is 58.9 cm³/mol. The van der Waals surface area contributed by atoms with Crippen LogP contribution in [0.4, 0.5) is 0 Å². The van der Waals surface area contributed by atoms with Crippen molar-refractivity contribution < 1.29 is 14.3 Å². The highest BCUT2D eigenvalue weighted by Gasteiger charge is 2.66. The number of Topliss-reactive ketones (excluding diaryl/α,β-unsaturated/α-hetero) is 1. The summed E-state index contributed by atoms with van der Waals surface area (Å²) in [6.45, 7) is 7.84. The molecule has 2 bridgehead atoms. The van der Waals surface area contributed by atoms with Gasteiger partial charge in [0.15, 0.2) is 0 Å². The van der Waals surface area contributed by atoms with E-state index in [2.05, 4.69) is 5.32 Å². The van der Waals surface area contributed by atoms with Gasteiger partial charge in [0.2, 0.25) is 0 Å². The average Bonchev–Trinajstić information content (AvgIpc) is 2.54. The molecule has 2 saturated heterocycles. The van der Waals surface area contributed by atoms with Crippen LogP contribution >= 0.6 is 0 Å². The summed E-state index contributed by atoms with van der Waals surface area (Å²) in [7, 11) is 0. The molecular weight excluding hydrogens is 206 g/mol. The predicted octanol–water partition coefficient (Wildman–Crippen LogP) is 0.895. The third kappa shape index (κ3) is 1.56. The molecule has 16 heavy (non-hydrogen) atoms. The molecule has 3 atom stereocenters. The van der Waals surface area contributed by atoms with Crippen molar-refractivity contribution in [3.63, 3.8) is 0 Å². The molecule has 2 heterocycles. The molecular formula is C12H19NO3. The van der Waals surface area contributed by atoms with E-state index in [0.29, 0.717) is 5.92 Å². The second kappa shape index (κ2) is 3.29. The molecule has 4 nitrogen and oxygen atoms in total. The van der Waals surface area contributed by atoms with Crippen molar-refractivity contribution in [1.82, 2.24) is 5.32 Å². The summed E-state index contributed by atoms with van der Waals surface area (Å²) < 4.78 is 5.39. The summed E-state index contributed by atoms with van der Waals surface area (Å²) in [5, 5.41) is 3.17. The number of ether oxygens (including phenoxy) is 1. The number of hydrogen-bond donors (Lipinski definition) is 1. The van der Waals surface area contributed by atoms with Gasteiger partial charge in [0.1, 0.15) is 16.9 Å². The molecule has 0 unspecified atom stereocenters. The number of hydrogen-bond acceptors (Lipinski definition) is 4. The average molecular weight is 225 g/mol. The highest BCUT2D eigenvalue weighted by atomic mass is 16.6. The lowest BCUT2D eigenvalue weighted by Gasteiger charge is -2.43. The molecule has 1 aliphatic carbocycles. The van der Waals surface area contributed by atoms with Gasteiger partial charge in [-0.3, -0.25) is 9.59 Å². The van der Waals surface area contributed by atoms with Crippen molar-refractivity contribution >= 4 is 11.8 Å². The zero-order valence-corrected chi connectivity index (χ0v) is 10.3. The van der Waals surface area contributed by atoms with Gasteiger partial charge in [0, 0.05) is 0 Å². The molecule has 3 aliphatic rings. The van der Waals surface area contributed by atoms with E-state index in [9.17, 15) is 9.59 Å². The van der Waals surface area contributed by atoms with E-state index in [1.54, 1.807) is 6.92 Å². The molecule has 0 spiro atoms. The largest absolute Gasteiger partial charge is 0.459 e. The zero-order valence-electron chi connectivity index (χ0n) is 10.3.